The molecule has 0 aromatic carbocycles. The Labute approximate surface area is 718 Å². The Kier molecular flexibility index (Phi) is 65.2. The summed E-state index contributed by atoms with van der Waals surface area (Å²) in [5.74, 6) is -1.66. The highest BCUT2D eigenvalue weighted by molar-refractivity contribution is 7.47. The van der Waals surface area contributed by atoms with Gasteiger partial charge < -0.3 is 88.7 Å². The van der Waals surface area contributed by atoms with Crippen LogP contribution in [0.25, 0.3) is 0 Å². The largest absolute Gasteiger partial charge is 0.472 e. The van der Waals surface area contributed by atoms with Gasteiger partial charge in [0.25, 0.3) is 0 Å². The first-order chi connectivity index (χ1) is 57.5. The molecule has 1 saturated carbocycles. The predicted molar refractivity (Wildman–Crippen MR) is 462 cm³/mol. The molecule has 2 aliphatic heterocycles. The highest BCUT2D eigenvalue weighted by Crippen LogP contribution is 2.49. The van der Waals surface area contributed by atoms with E-state index in [1.54, 1.807) is 0 Å². The van der Waals surface area contributed by atoms with Crippen LogP contribution in [-0.2, 0) is 70.7 Å². The van der Waals surface area contributed by atoms with Crippen LogP contribution in [0, 0.1) is 11.8 Å². The lowest BCUT2D eigenvalue weighted by molar-refractivity contribution is -0.360. The van der Waals surface area contributed by atoms with Gasteiger partial charge in [-0.15, -0.1) is 0 Å². The lowest BCUT2D eigenvalue weighted by Crippen LogP contribution is -2.70. The summed E-state index contributed by atoms with van der Waals surface area (Å²) in [5.41, 5.74) is 0. The zero-order valence-corrected chi connectivity index (χ0v) is 75.9. The predicted octanol–water partition coefficient (Wildman–Crippen LogP) is 18.0. The van der Waals surface area contributed by atoms with Gasteiger partial charge in [-0.3, -0.25) is 28.2 Å². The molecule has 2 heterocycles. The average Bonchev–Trinajstić information content (AvgIpc) is 0.754. The van der Waals surface area contributed by atoms with E-state index in [0.29, 0.717) is 43.9 Å². The number of carbonyl (C=O) groups is 4. The van der Waals surface area contributed by atoms with Crippen LogP contribution in [0.3, 0.4) is 0 Å². The number of carbonyl (C=O) groups excluding carboxylic acids is 4. The maximum absolute atomic E-state index is 14.9. The van der Waals surface area contributed by atoms with E-state index in [1.807, 2.05) is 0 Å². The average molecular weight is 1720 g/mol. The first-order valence-electron chi connectivity index (χ1n) is 48.2. The smallest absolute Gasteiger partial charge is 0.463 e. The van der Waals surface area contributed by atoms with E-state index in [9.17, 15) is 74.6 Å². The number of phosphoric acid groups is 1. The second-order valence-electron chi connectivity index (χ2n) is 35.1. The van der Waals surface area contributed by atoms with Crippen LogP contribution < -0.4 is 0 Å². The lowest BCUT2D eigenvalue weighted by atomic mass is 9.84. The van der Waals surface area contributed by atoms with Crippen LogP contribution in [0.4, 0.5) is 0 Å². The fourth-order valence-electron chi connectivity index (χ4n) is 16.2. The third-order valence-electron chi connectivity index (χ3n) is 24.1. The van der Waals surface area contributed by atoms with Gasteiger partial charge in [0.1, 0.15) is 92.6 Å². The molecule has 0 aromatic heterocycles. The molecule has 10 N–H and O–H groups in total. The lowest BCUT2D eigenvalue weighted by Gasteiger charge is -2.50. The number of phosphoric ester groups is 1. The topological polar surface area (TPSA) is 380 Å². The van der Waals surface area contributed by atoms with Crippen LogP contribution in [0.2, 0.25) is 0 Å². The molecule has 2 saturated heterocycles. The molecule has 0 radical (unpaired) electrons. The first kappa shape index (κ1) is 110. The van der Waals surface area contributed by atoms with Crippen molar-refractivity contribution in [1.82, 2.24) is 0 Å². The van der Waals surface area contributed by atoms with Crippen LogP contribution in [0.15, 0.2) is 12.2 Å². The van der Waals surface area contributed by atoms with Gasteiger partial charge >= 0.3 is 31.7 Å². The quantitative estimate of drug-likeness (QED) is 0.00889. The third kappa shape index (κ3) is 51.0. The number of rotatable bonds is 77. The van der Waals surface area contributed by atoms with Crippen LogP contribution >= 0.6 is 7.82 Å². The standard InChI is InChI=1S/C93H173O25P/c1-7-11-15-19-23-25-27-29-30-32-34-36-38-48-56-64-77(96)110-70-75-81(100)83(102)87(106)93(114-75)117-90-88(115-79(98)66-58-50-42-40-46-54-62-72(6)60-52-44-22-18-14-10-4)84(103)85(104)89(116-92-86(105)82(101)80(99)74(67-94)113-92)91(90)118-119(107,108)111-69-73(68-109-76(95)63-55-47-37-35-33-31-28-26-24-20-16-12-8-2)112-78(97)65-57-49-41-39-45-53-61-71(5)59-51-43-21-17-13-9-3/h25,27,71-75,80-94,99-106H,7-24,26,28-70H2,1-6H3,(H,107,108)/b27-25-. The highest BCUT2D eigenvalue weighted by atomic mass is 31.2. The van der Waals surface area contributed by atoms with Crippen molar-refractivity contribution in [2.24, 2.45) is 11.8 Å². The minimum absolute atomic E-state index is 0.0101. The van der Waals surface area contributed by atoms with Crippen molar-refractivity contribution in [2.75, 3.05) is 26.4 Å². The van der Waals surface area contributed by atoms with Gasteiger partial charge in [0.15, 0.2) is 24.8 Å². The first-order valence-corrected chi connectivity index (χ1v) is 49.7. The Morgan fingerprint density at radius 1 is 0.353 bits per heavy atom. The van der Waals surface area contributed by atoms with Crippen molar-refractivity contribution in [3.63, 3.8) is 0 Å². The molecule has 1 aliphatic carbocycles. The number of aliphatic hydroxyl groups is 9. The molecule has 0 bridgehead atoms. The van der Waals surface area contributed by atoms with Crippen LogP contribution in [-0.4, -0.2) is 205 Å². The molecule has 0 amide bonds. The number of hydrogen-bond acceptors (Lipinski definition) is 24. The Hall–Kier alpha value is -2.79. The SMILES string of the molecule is CCCCCC/C=C\CCCCCCCCCC(=O)OCC1OC(OC2C(OC(=O)CCCCCCCCC(C)CCCCCCCC)C(O)C(O)C(OC3OC(CO)C(O)C(O)C3O)C2OP(=O)(O)OCC(COC(=O)CCCCCCCCCCCCCCC)OC(=O)CCCCCCCCC(C)CCCCCCCC)C(O)C(O)C1O. The summed E-state index contributed by atoms with van der Waals surface area (Å²) in [5, 5.41) is 102. The Bertz CT molecular complexity index is 2550. The van der Waals surface area contributed by atoms with Crippen molar-refractivity contribution in [1.29, 1.82) is 0 Å². The zero-order valence-electron chi connectivity index (χ0n) is 75.0. The highest BCUT2D eigenvalue weighted by Gasteiger charge is 2.60. The third-order valence-corrected chi connectivity index (χ3v) is 25.0. The Morgan fingerprint density at radius 3 is 1.09 bits per heavy atom. The minimum Gasteiger partial charge on any atom is -0.463 e. The van der Waals surface area contributed by atoms with Crippen molar-refractivity contribution in [3.05, 3.63) is 12.2 Å². The molecule has 0 aromatic rings. The van der Waals surface area contributed by atoms with Crippen molar-refractivity contribution >= 4 is 31.7 Å². The number of esters is 4. The second-order valence-corrected chi connectivity index (χ2v) is 36.5. The van der Waals surface area contributed by atoms with Gasteiger partial charge in [0, 0.05) is 25.7 Å². The summed E-state index contributed by atoms with van der Waals surface area (Å²) in [6, 6.07) is 0. The molecule has 20 unspecified atom stereocenters. The maximum Gasteiger partial charge on any atom is 0.472 e. The number of hydrogen-bond donors (Lipinski definition) is 10. The van der Waals surface area contributed by atoms with E-state index in [1.165, 1.54) is 167 Å². The summed E-state index contributed by atoms with van der Waals surface area (Å²) in [6.45, 7) is 10.2. The number of aliphatic hydroxyl groups excluding tert-OH is 9. The monoisotopic (exact) mass is 1720 g/mol. The van der Waals surface area contributed by atoms with Gasteiger partial charge in [-0.25, -0.2) is 4.57 Å². The van der Waals surface area contributed by atoms with E-state index in [2.05, 4.69) is 53.7 Å². The Balaban J connectivity index is 1.93. The van der Waals surface area contributed by atoms with Gasteiger partial charge in [-0.2, -0.15) is 0 Å². The van der Waals surface area contributed by atoms with E-state index in [0.717, 1.165) is 148 Å². The van der Waals surface area contributed by atoms with E-state index < -0.39 is 162 Å². The molecule has 700 valence electrons. The molecule has 3 fully saturated rings. The normalized spacial score (nSPS) is 25.4. The number of allylic oxidation sites excluding steroid dienone is 2. The summed E-state index contributed by atoms with van der Waals surface area (Å²) in [7, 11) is -5.81. The molecule has 3 rings (SSSR count). The fourth-order valence-corrected chi connectivity index (χ4v) is 17.2. The van der Waals surface area contributed by atoms with Crippen molar-refractivity contribution in [3.8, 4) is 0 Å². The molecule has 25 nitrogen and oxygen atoms in total. The summed E-state index contributed by atoms with van der Waals surface area (Å²) in [6.07, 6.45) is 26.3. The molecule has 0 spiro atoms. The summed E-state index contributed by atoms with van der Waals surface area (Å²) in [4.78, 5) is 66.6. The van der Waals surface area contributed by atoms with E-state index in [-0.39, 0.29) is 25.7 Å². The van der Waals surface area contributed by atoms with Crippen LogP contribution in [0.5, 0.6) is 0 Å². The fraction of sp³-hybridized carbons (Fsp3) is 0.935. The zero-order chi connectivity index (χ0) is 87.1. The van der Waals surface area contributed by atoms with E-state index in [4.69, 9.17) is 46.9 Å². The summed E-state index contributed by atoms with van der Waals surface area (Å²) < 4.78 is 73.6. The van der Waals surface area contributed by atoms with E-state index >= 15 is 0 Å². The van der Waals surface area contributed by atoms with Gasteiger partial charge in [0.05, 0.1) is 13.2 Å². The molecule has 119 heavy (non-hydrogen) atoms. The molecule has 20 atom stereocenters. The second kappa shape index (κ2) is 70.3. The minimum atomic E-state index is -5.81. The molecule has 26 heteroatoms. The summed E-state index contributed by atoms with van der Waals surface area (Å²) >= 11 is 0. The van der Waals surface area contributed by atoms with Gasteiger partial charge in [0.2, 0.25) is 0 Å². The van der Waals surface area contributed by atoms with Crippen LogP contribution in [0.1, 0.15) is 414 Å². The molecular weight excluding hydrogens is 1550 g/mol. The van der Waals surface area contributed by atoms with Gasteiger partial charge in [-0.05, 0) is 63.2 Å². The number of unbranched alkanes of at least 4 members (excludes halogenated alkanes) is 43. The maximum atomic E-state index is 14.9. The molecule has 3 aliphatic rings. The Morgan fingerprint density at radius 2 is 0.681 bits per heavy atom. The van der Waals surface area contributed by atoms with Gasteiger partial charge in [-0.1, -0.05) is 349 Å². The van der Waals surface area contributed by atoms with Crippen molar-refractivity contribution in [2.45, 2.75) is 518 Å². The van der Waals surface area contributed by atoms with Crippen molar-refractivity contribution < 1.29 is 122 Å². The molecular formula is C93H173O25P. The number of ether oxygens (including phenoxy) is 8.